The standard InChI is InChI=1S/C19H19BrCl3N3O2S/c1-2-12-7-9-13(10-8-12)28-11-16(27)25-17(19(21,22)23)26-18(29)24-15-6-4-3-5-14(15)20/h3-10,17H,2,11H2,1H3,(H,25,27)(H2,24,26,29)/t17-/m0/s1. The Hall–Kier alpha value is -1.25. The molecule has 5 nitrogen and oxygen atoms in total. The molecule has 3 N–H and O–H groups in total. The molecular formula is C19H19BrCl3N3O2S. The van der Waals surface area contributed by atoms with Gasteiger partial charge in [0, 0.05) is 4.47 Å². The summed E-state index contributed by atoms with van der Waals surface area (Å²) in [6.07, 6.45) is -0.154. The Labute approximate surface area is 198 Å². The van der Waals surface area contributed by atoms with E-state index in [2.05, 4.69) is 38.8 Å². The first-order valence-corrected chi connectivity index (χ1v) is 10.9. The zero-order valence-corrected chi connectivity index (χ0v) is 20.0. The third-order valence-electron chi connectivity index (χ3n) is 3.73. The summed E-state index contributed by atoms with van der Waals surface area (Å²) < 4.78 is 4.43. The number of rotatable bonds is 7. The third kappa shape index (κ3) is 8.18. The number of alkyl halides is 3. The van der Waals surface area contributed by atoms with E-state index in [1.807, 2.05) is 36.4 Å². The molecule has 0 aliphatic heterocycles. The van der Waals surface area contributed by atoms with Gasteiger partial charge in [-0.05, 0) is 64.4 Å². The van der Waals surface area contributed by atoms with E-state index in [4.69, 9.17) is 51.8 Å². The molecule has 0 spiro atoms. The fraction of sp³-hybridized carbons (Fsp3) is 0.263. The van der Waals surface area contributed by atoms with E-state index < -0.39 is 15.9 Å². The van der Waals surface area contributed by atoms with E-state index in [1.165, 1.54) is 5.56 Å². The lowest BCUT2D eigenvalue weighted by atomic mass is 10.2. The van der Waals surface area contributed by atoms with Gasteiger partial charge in [0.2, 0.25) is 3.79 Å². The molecule has 0 fully saturated rings. The molecular weight excluding hydrogens is 521 g/mol. The lowest BCUT2D eigenvalue weighted by Crippen LogP contribution is -2.57. The fourth-order valence-corrected chi connectivity index (χ4v) is 3.16. The summed E-state index contributed by atoms with van der Waals surface area (Å²) in [7, 11) is 0. The van der Waals surface area contributed by atoms with Gasteiger partial charge in [-0.15, -0.1) is 0 Å². The SMILES string of the molecule is CCc1ccc(OCC(=O)N[C@@H](NC(=S)Nc2ccccc2Br)C(Cl)(Cl)Cl)cc1. The van der Waals surface area contributed by atoms with Crippen molar-refractivity contribution in [3.8, 4) is 5.75 Å². The Morgan fingerprint density at radius 1 is 1.14 bits per heavy atom. The largest absolute Gasteiger partial charge is 0.484 e. The molecule has 0 saturated heterocycles. The summed E-state index contributed by atoms with van der Waals surface area (Å²) in [5.74, 6) is 0.0962. The molecule has 1 amide bonds. The fourth-order valence-electron chi connectivity index (χ4n) is 2.22. The predicted octanol–water partition coefficient (Wildman–Crippen LogP) is 5.19. The predicted molar refractivity (Wildman–Crippen MR) is 127 cm³/mol. The number of nitrogens with one attached hydrogen (secondary N) is 3. The van der Waals surface area contributed by atoms with Crippen LogP contribution in [0.4, 0.5) is 5.69 Å². The van der Waals surface area contributed by atoms with Crippen molar-refractivity contribution < 1.29 is 9.53 Å². The first-order chi connectivity index (χ1) is 13.7. The summed E-state index contributed by atoms with van der Waals surface area (Å²) >= 11 is 26.6. The number of amides is 1. The maximum absolute atomic E-state index is 12.3. The molecule has 2 rings (SSSR count). The molecule has 0 bridgehead atoms. The number of ether oxygens (including phenoxy) is 1. The van der Waals surface area contributed by atoms with Gasteiger partial charge in [-0.25, -0.2) is 0 Å². The zero-order chi connectivity index (χ0) is 21.4. The summed E-state index contributed by atoms with van der Waals surface area (Å²) in [5, 5.41) is 8.50. The van der Waals surface area contributed by atoms with Crippen LogP contribution in [0.2, 0.25) is 0 Å². The highest BCUT2D eigenvalue weighted by molar-refractivity contribution is 9.10. The molecule has 0 radical (unpaired) electrons. The monoisotopic (exact) mass is 537 g/mol. The number of halogens is 4. The minimum Gasteiger partial charge on any atom is -0.484 e. The van der Waals surface area contributed by atoms with Gasteiger partial charge < -0.3 is 20.7 Å². The molecule has 1 atom stereocenters. The van der Waals surface area contributed by atoms with Crippen molar-refractivity contribution in [2.45, 2.75) is 23.3 Å². The number of thiocarbonyl (C=S) groups is 1. The van der Waals surface area contributed by atoms with Crippen LogP contribution >= 0.6 is 63.0 Å². The van der Waals surface area contributed by atoms with Crippen LogP contribution in [0.1, 0.15) is 12.5 Å². The van der Waals surface area contributed by atoms with Gasteiger partial charge in [-0.3, -0.25) is 4.79 Å². The Morgan fingerprint density at radius 2 is 1.79 bits per heavy atom. The summed E-state index contributed by atoms with van der Waals surface area (Å²) in [4.78, 5) is 12.3. The number of hydrogen-bond acceptors (Lipinski definition) is 3. The third-order valence-corrected chi connectivity index (χ3v) is 5.30. The lowest BCUT2D eigenvalue weighted by Gasteiger charge is -2.27. The van der Waals surface area contributed by atoms with Crippen LogP contribution in [-0.4, -0.2) is 27.6 Å². The van der Waals surface area contributed by atoms with Gasteiger partial charge in [0.05, 0.1) is 5.69 Å². The van der Waals surface area contributed by atoms with Crippen molar-refractivity contribution >= 4 is 79.7 Å². The number of carbonyl (C=O) groups is 1. The molecule has 29 heavy (non-hydrogen) atoms. The Balaban J connectivity index is 1.92. The van der Waals surface area contributed by atoms with Gasteiger partial charge in [0.15, 0.2) is 11.7 Å². The molecule has 0 aromatic heterocycles. The number of anilines is 1. The van der Waals surface area contributed by atoms with Gasteiger partial charge in [-0.1, -0.05) is 66.0 Å². The van der Waals surface area contributed by atoms with Crippen LogP contribution in [0.5, 0.6) is 5.75 Å². The van der Waals surface area contributed by atoms with Crippen molar-refractivity contribution in [3.63, 3.8) is 0 Å². The Kier molecular flexibility index (Phi) is 9.30. The van der Waals surface area contributed by atoms with Crippen LogP contribution in [0.15, 0.2) is 53.0 Å². The van der Waals surface area contributed by atoms with E-state index >= 15 is 0 Å². The Bertz CT molecular complexity index is 847. The first kappa shape index (κ1) is 24.0. The zero-order valence-electron chi connectivity index (χ0n) is 15.3. The average Bonchev–Trinajstić information content (AvgIpc) is 2.67. The minimum atomic E-state index is -1.85. The van der Waals surface area contributed by atoms with Crippen LogP contribution in [0.25, 0.3) is 0 Å². The molecule has 0 aliphatic carbocycles. The molecule has 0 unspecified atom stereocenters. The van der Waals surface area contributed by atoms with E-state index in [9.17, 15) is 4.79 Å². The van der Waals surface area contributed by atoms with E-state index in [0.717, 1.165) is 16.6 Å². The minimum absolute atomic E-state index is 0.171. The molecule has 0 saturated carbocycles. The molecule has 0 heterocycles. The molecule has 10 heteroatoms. The smallest absolute Gasteiger partial charge is 0.259 e. The molecule has 156 valence electrons. The molecule has 0 aliphatic rings. The highest BCUT2D eigenvalue weighted by Crippen LogP contribution is 2.29. The second-order valence-corrected chi connectivity index (χ2v) is 9.54. The van der Waals surface area contributed by atoms with Crippen LogP contribution in [0.3, 0.4) is 0 Å². The second-order valence-electron chi connectivity index (χ2n) is 5.91. The van der Waals surface area contributed by atoms with E-state index in [0.29, 0.717) is 5.75 Å². The molecule has 2 aromatic rings. The summed E-state index contributed by atoms with van der Waals surface area (Å²) in [5.41, 5.74) is 1.89. The van der Waals surface area contributed by atoms with E-state index in [1.54, 1.807) is 12.1 Å². The van der Waals surface area contributed by atoms with Crippen molar-refractivity contribution in [1.29, 1.82) is 0 Å². The van der Waals surface area contributed by atoms with Crippen LogP contribution in [0, 0.1) is 0 Å². The molecule has 2 aromatic carbocycles. The highest BCUT2D eigenvalue weighted by atomic mass is 79.9. The van der Waals surface area contributed by atoms with Crippen molar-refractivity contribution in [1.82, 2.24) is 10.6 Å². The van der Waals surface area contributed by atoms with Crippen LogP contribution < -0.4 is 20.7 Å². The van der Waals surface area contributed by atoms with Crippen molar-refractivity contribution in [2.75, 3.05) is 11.9 Å². The lowest BCUT2D eigenvalue weighted by molar-refractivity contribution is -0.123. The van der Waals surface area contributed by atoms with Gasteiger partial charge in [-0.2, -0.15) is 0 Å². The first-order valence-electron chi connectivity index (χ1n) is 8.59. The van der Waals surface area contributed by atoms with E-state index in [-0.39, 0.29) is 11.7 Å². The van der Waals surface area contributed by atoms with Gasteiger partial charge in [0.1, 0.15) is 11.9 Å². The average molecular weight is 540 g/mol. The van der Waals surface area contributed by atoms with Gasteiger partial charge in [0.25, 0.3) is 5.91 Å². The second kappa shape index (κ2) is 11.2. The summed E-state index contributed by atoms with van der Waals surface area (Å²) in [6, 6.07) is 14.8. The summed E-state index contributed by atoms with van der Waals surface area (Å²) in [6.45, 7) is 1.82. The number of benzene rings is 2. The number of aryl methyl sites for hydroxylation is 1. The van der Waals surface area contributed by atoms with Crippen molar-refractivity contribution in [3.05, 3.63) is 58.6 Å². The van der Waals surface area contributed by atoms with Crippen molar-refractivity contribution in [2.24, 2.45) is 0 Å². The maximum atomic E-state index is 12.3. The highest BCUT2D eigenvalue weighted by Gasteiger charge is 2.34. The number of para-hydroxylation sites is 1. The number of hydrogen-bond donors (Lipinski definition) is 3. The maximum Gasteiger partial charge on any atom is 0.259 e. The topological polar surface area (TPSA) is 62.4 Å². The van der Waals surface area contributed by atoms with Gasteiger partial charge >= 0.3 is 0 Å². The Morgan fingerprint density at radius 3 is 2.38 bits per heavy atom. The number of carbonyl (C=O) groups excluding carboxylic acids is 1. The quantitative estimate of drug-likeness (QED) is 0.257. The normalized spacial score (nSPS) is 12.0. The van der Waals surface area contributed by atoms with Crippen LogP contribution in [-0.2, 0) is 11.2 Å².